The van der Waals surface area contributed by atoms with E-state index in [-0.39, 0.29) is 11.7 Å². The fourth-order valence-electron chi connectivity index (χ4n) is 2.73. The van der Waals surface area contributed by atoms with Crippen molar-refractivity contribution in [3.05, 3.63) is 29.8 Å². The molecule has 1 fully saturated rings. The maximum atomic E-state index is 12.4. The van der Waals surface area contributed by atoms with Crippen LogP contribution >= 0.6 is 0 Å². The maximum Gasteiger partial charge on any atom is 0.387 e. The molecule has 1 N–H and O–H groups in total. The molecule has 0 saturated carbocycles. The molecule has 1 heterocycles. The molecule has 1 amide bonds. The van der Waals surface area contributed by atoms with Crippen molar-refractivity contribution < 1.29 is 18.3 Å². The third kappa shape index (κ3) is 4.66. The topological polar surface area (TPSA) is 41.6 Å². The summed E-state index contributed by atoms with van der Waals surface area (Å²) >= 11 is 0. The van der Waals surface area contributed by atoms with Crippen LogP contribution < -0.4 is 10.1 Å². The average Bonchev–Trinajstić information content (AvgIpc) is 2.53. The monoisotopic (exact) mass is 312 g/mol. The Kier molecular flexibility index (Phi) is 6.12. The van der Waals surface area contributed by atoms with Gasteiger partial charge in [0.2, 0.25) is 0 Å². The van der Waals surface area contributed by atoms with Gasteiger partial charge in [0.1, 0.15) is 5.75 Å². The minimum absolute atomic E-state index is 0.0457. The molecule has 122 valence electrons. The summed E-state index contributed by atoms with van der Waals surface area (Å²) in [4.78, 5) is 14.2. The summed E-state index contributed by atoms with van der Waals surface area (Å²) in [6, 6.07) is 5.87. The molecule has 0 radical (unpaired) electrons. The minimum Gasteiger partial charge on any atom is -0.435 e. The Hall–Kier alpha value is -1.69. The fraction of sp³-hybridized carbons (Fsp3) is 0.562. The van der Waals surface area contributed by atoms with Gasteiger partial charge >= 0.3 is 6.61 Å². The van der Waals surface area contributed by atoms with Crippen LogP contribution in [0.3, 0.4) is 0 Å². The lowest BCUT2D eigenvalue weighted by molar-refractivity contribution is -0.0498. The second-order valence-electron chi connectivity index (χ2n) is 5.53. The highest BCUT2D eigenvalue weighted by atomic mass is 19.3. The van der Waals surface area contributed by atoms with Crippen molar-refractivity contribution in [1.29, 1.82) is 0 Å². The molecule has 1 saturated heterocycles. The number of halogens is 2. The number of carbonyl (C=O) groups excluding carboxylic acids is 1. The van der Waals surface area contributed by atoms with E-state index in [2.05, 4.69) is 10.1 Å². The van der Waals surface area contributed by atoms with Crippen molar-refractivity contribution in [3.63, 3.8) is 0 Å². The largest absolute Gasteiger partial charge is 0.435 e. The molecule has 0 aromatic heterocycles. The summed E-state index contributed by atoms with van der Waals surface area (Å²) < 4.78 is 28.5. The molecule has 1 aromatic rings. The highest BCUT2D eigenvalue weighted by molar-refractivity contribution is 5.94. The number of hydrogen-bond acceptors (Lipinski definition) is 3. The van der Waals surface area contributed by atoms with E-state index < -0.39 is 6.61 Å². The Bertz CT molecular complexity index is 472. The van der Waals surface area contributed by atoms with Crippen LogP contribution in [0.25, 0.3) is 0 Å². The standard InChI is InChI=1S/C16H22F2N2O2/c1-19-9-6-12-7-10-20(11-8-12)15(21)13-2-4-14(5-3-13)22-16(17)18/h2-5,12,16,19H,6-11H2,1H3. The van der Waals surface area contributed by atoms with Crippen LogP contribution in [-0.2, 0) is 0 Å². The van der Waals surface area contributed by atoms with E-state index in [9.17, 15) is 13.6 Å². The molecule has 0 spiro atoms. The van der Waals surface area contributed by atoms with Crippen LogP contribution in [0.4, 0.5) is 8.78 Å². The zero-order chi connectivity index (χ0) is 15.9. The van der Waals surface area contributed by atoms with Crippen LogP contribution in [0, 0.1) is 5.92 Å². The van der Waals surface area contributed by atoms with Gasteiger partial charge in [-0.1, -0.05) is 0 Å². The molecule has 6 heteroatoms. The SMILES string of the molecule is CNCCC1CCN(C(=O)c2ccc(OC(F)F)cc2)CC1. The maximum absolute atomic E-state index is 12.4. The first-order valence-corrected chi connectivity index (χ1v) is 7.59. The molecule has 1 aliphatic rings. The van der Waals surface area contributed by atoms with Crippen molar-refractivity contribution in [2.75, 3.05) is 26.7 Å². The Morgan fingerprint density at radius 3 is 2.50 bits per heavy atom. The molecule has 2 rings (SSSR count). The van der Waals surface area contributed by atoms with E-state index in [1.807, 2.05) is 11.9 Å². The zero-order valence-corrected chi connectivity index (χ0v) is 12.7. The van der Waals surface area contributed by atoms with Gasteiger partial charge in [-0.3, -0.25) is 4.79 Å². The molecule has 0 atom stereocenters. The summed E-state index contributed by atoms with van der Waals surface area (Å²) in [5, 5.41) is 3.15. The van der Waals surface area contributed by atoms with Gasteiger partial charge in [-0.2, -0.15) is 8.78 Å². The second kappa shape index (κ2) is 8.08. The van der Waals surface area contributed by atoms with E-state index in [0.29, 0.717) is 11.5 Å². The van der Waals surface area contributed by atoms with Crippen LogP contribution in [0.15, 0.2) is 24.3 Å². The third-order valence-corrected chi connectivity index (χ3v) is 4.03. The molecule has 0 bridgehead atoms. The van der Waals surface area contributed by atoms with E-state index >= 15 is 0 Å². The first-order chi connectivity index (χ1) is 10.6. The number of carbonyl (C=O) groups is 1. The molecular weight excluding hydrogens is 290 g/mol. The predicted molar refractivity (Wildman–Crippen MR) is 80.2 cm³/mol. The zero-order valence-electron chi connectivity index (χ0n) is 12.7. The Balaban J connectivity index is 1.87. The lowest BCUT2D eigenvalue weighted by atomic mass is 9.93. The van der Waals surface area contributed by atoms with E-state index in [1.165, 1.54) is 24.3 Å². The molecule has 1 aliphatic heterocycles. The molecule has 1 aromatic carbocycles. The normalized spacial score (nSPS) is 16.1. The number of alkyl halides is 2. The van der Waals surface area contributed by atoms with Gasteiger partial charge in [0.25, 0.3) is 5.91 Å². The van der Waals surface area contributed by atoms with E-state index in [1.54, 1.807) is 0 Å². The molecular formula is C16H22F2N2O2. The Morgan fingerprint density at radius 1 is 1.32 bits per heavy atom. The van der Waals surface area contributed by atoms with Crippen LogP contribution in [0.2, 0.25) is 0 Å². The number of piperidine rings is 1. The molecule has 4 nitrogen and oxygen atoms in total. The van der Waals surface area contributed by atoms with Gasteiger partial charge in [0, 0.05) is 18.7 Å². The van der Waals surface area contributed by atoms with Gasteiger partial charge in [-0.15, -0.1) is 0 Å². The second-order valence-corrected chi connectivity index (χ2v) is 5.53. The summed E-state index contributed by atoms with van der Waals surface area (Å²) in [6.07, 6.45) is 3.16. The number of nitrogens with one attached hydrogen (secondary N) is 1. The molecule has 0 aliphatic carbocycles. The smallest absolute Gasteiger partial charge is 0.387 e. The fourth-order valence-corrected chi connectivity index (χ4v) is 2.73. The molecule has 22 heavy (non-hydrogen) atoms. The number of likely N-dealkylation sites (tertiary alicyclic amines) is 1. The Morgan fingerprint density at radius 2 is 1.95 bits per heavy atom. The van der Waals surface area contributed by atoms with Gasteiger partial charge in [0.15, 0.2) is 0 Å². The predicted octanol–water partition coefficient (Wildman–Crippen LogP) is 2.75. The first kappa shape index (κ1) is 16.7. The van der Waals surface area contributed by atoms with Crippen molar-refractivity contribution in [1.82, 2.24) is 10.2 Å². The number of rotatable bonds is 6. The number of nitrogens with zero attached hydrogens (tertiary/aromatic N) is 1. The summed E-state index contributed by atoms with van der Waals surface area (Å²) in [5.41, 5.74) is 0.510. The highest BCUT2D eigenvalue weighted by Gasteiger charge is 2.23. The van der Waals surface area contributed by atoms with Gasteiger partial charge < -0.3 is 15.0 Å². The summed E-state index contributed by atoms with van der Waals surface area (Å²) in [5.74, 6) is 0.686. The van der Waals surface area contributed by atoms with Gasteiger partial charge in [-0.25, -0.2) is 0 Å². The summed E-state index contributed by atoms with van der Waals surface area (Å²) in [6.45, 7) is -0.340. The van der Waals surface area contributed by atoms with Crippen molar-refractivity contribution >= 4 is 5.91 Å². The molecule has 0 unspecified atom stereocenters. The number of hydrogen-bond donors (Lipinski definition) is 1. The van der Waals surface area contributed by atoms with Crippen molar-refractivity contribution in [3.8, 4) is 5.75 Å². The first-order valence-electron chi connectivity index (χ1n) is 7.59. The van der Waals surface area contributed by atoms with Crippen LogP contribution in [-0.4, -0.2) is 44.1 Å². The Labute approximate surface area is 129 Å². The van der Waals surface area contributed by atoms with Gasteiger partial charge in [0.05, 0.1) is 0 Å². The van der Waals surface area contributed by atoms with Crippen molar-refractivity contribution in [2.24, 2.45) is 5.92 Å². The lowest BCUT2D eigenvalue weighted by Gasteiger charge is -2.32. The number of ether oxygens (including phenoxy) is 1. The minimum atomic E-state index is -2.85. The number of amides is 1. The lowest BCUT2D eigenvalue weighted by Crippen LogP contribution is -2.38. The highest BCUT2D eigenvalue weighted by Crippen LogP contribution is 2.22. The van der Waals surface area contributed by atoms with Gasteiger partial charge in [-0.05, 0) is 63.0 Å². The van der Waals surface area contributed by atoms with E-state index in [0.717, 1.165) is 38.9 Å². The van der Waals surface area contributed by atoms with E-state index in [4.69, 9.17) is 0 Å². The third-order valence-electron chi connectivity index (χ3n) is 4.03. The number of benzene rings is 1. The van der Waals surface area contributed by atoms with Crippen LogP contribution in [0.5, 0.6) is 5.75 Å². The quantitative estimate of drug-likeness (QED) is 0.878. The summed E-state index contributed by atoms with van der Waals surface area (Å²) in [7, 11) is 1.94. The average molecular weight is 312 g/mol. The van der Waals surface area contributed by atoms with Crippen molar-refractivity contribution in [2.45, 2.75) is 25.9 Å². The van der Waals surface area contributed by atoms with Crippen LogP contribution in [0.1, 0.15) is 29.6 Å².